The van der Waals surface area contributed by atoms with E-state index in [4.69, 9.17) is 0 Å². The van der Waals surface area contributed by atoms with Gasteiger partial charge in [-0.15, -0.1) is 6.58 Å². The number of benzene rings is 3. The molecule has 9 heteroatoms. The van der Waals surface area contributed by atoms with Gasteiger partial charge < -0.3 is 10.4 Å². The third-order valence-corrected chi connectivity index (χ3v) is 5.47. The van der Waals surface area contributed by atoms with Gasteiger partial charge in [0.1, 0.15) is 11.4 Å². The average molecular weight is 482 g/mol. The van der Waals surface area contributed by atoms with Gasteiger partial charge in [0, 0.05) is 16.5 Å². The van der Waals surface area contributed by atoms with Crippen LogP contribution < -0.4 is 16.3 Å². The lowest BCUT2D eigenvalue weighted by molar-refractivity contribution is -0.123. The summed E-state index contributed by atoms with van der Waals surface area (Å²) in [7, 11) is 0. The molecule has 4 N–H and O–H groups in total. The molecule has 0 saturated carbocycles. The lowest BCUT2D eigenvalue weighted by atomic mass is 10.0. The molecule has 1 heterocycles. The third kappa shape index (κ3) is 5.20. The highest BCUT2D eigenvalue weighted by atomic mass is 16.3. The van der Waals surface area contributed by atoms with Crippen LogP contribution in [0.1, 0.15) is 33.2 Å². The molecule has 1 atom stereocenters. The number of para-hydroxylation sites is 1. The largest absolute Gasteiger partial charge is 0.507 e. The molecule has 9 nitrogen and oxygen atoms in total. The van der Waals surface area contributed by atoms with Crippen LogP contribution >= 0.6 is 0 Å². The number of aromatic hydroxyl groups is 1. The maximum atomic E-state index is 13.2. The molecule has 0 aliphatic heterocycles. The minimum atomic E-state index is -1.28. The third-order valence-electron chi connectivity index (χ3n) is 5.47. The molecule has 0 bridgehead atoms. The predicted molar refractivity (Wildman–Crippen MR) is 137 cm³/mol. The van der Waals surface area contributed by atoms with Gasteiger partial charge in [-0.2, -0.15) is 10.2 Å². The van der Waals surface area contributed by atoms with Crippen molar-refractivity contribution in [1.82, 2.24) is 20.9 Å². The van der Waals surface area contributed by atoms with Gasteiger partial charge in [-0.05, 0) is 36.2 Å². The van der Waals surface area contributed by atoms with Crippen LogP contribution in [0.15, 0.2) is 95.3 Å². The number of aromatic nitrogens is 2. The summed E-state index contributed by atoms with van der Waals surface area (Å²) in [4.78, 5) is 38.4. The fourth-order valence-electron chi connectivity index (χ4n) is 3.68. The Bertz CT molecular complexity index is 1510. The second-order valence-electron chi connectivity index (χ2n) is 7.84. The van der Waals surface area contributed by atoms with Crippen LogP contribution in [0.25, 0.3) is 10.8 Å². The number of phenolic OH excluding ortho intramolecular Hbond substituents is 1. The van der Waals surface area contributed by atoms with E-state index in [1.54, 1.807) is 78.9 Å². The van der Waals surface area contributed by atoms with Crippen LogP contribution in [0.4, 0.5) is 0 Å². The topological polar surface area (TPSA) is 137 Å². The molecule has 4 rings (SSSR count). The molecule has 0 saturated heterocycles. The Morgan fingerprint density at radius 3 is 2.50 bits per heavy atom. The number of carbonyl (C=O) groups is 2. The van der Waals surface area contributed by atoms with Gasteiger partial charge in [0.2, 0.25) is 0 Å². The summed E-state index contributed by atoms with van der Waals surface area (Å²) >= 11 is 0. The van der Waals surface area contributed by atoms with Crippen molar-refractivity contribution >= 4 is 28.8 Å². The van der Waals surface area contributed by atoms with Crippen LogP contribution in [-0.2, 0) is 11.2 Å². The first-order valence-electron chi connectivity index (χ1n) is 11.1. The number of fused-ring (bicyclic) bond motifs is 1. The molecule has 180 valence electrons. The number of nitrogens with one attached hydrogen (secondary N) is 3. The van der Waals surface area contributed by atoms with Gasteiger partial charge >= 0.3 is 0 Å². The van der Waals surface area contributed by atoms with Crippen molar-refractivity contribution in [3.63, 3.8) is 0 Å². The zero-order valence-electron chi connectivity index (χ0n) is 19.1. The van der Waals surface area contributed by atoms with E-state index in [1.165, 1.54) is 6.21 Å². The predicted octanol–water partition coefficient (Wildman–Crippen LogP) is 2.98. The molecule has 0 radical (unpaired) electrons. The fraction of sp³-hybridized carbons (Fsp3) is 0.0741. The molecular weight excluding hydrogens is 458 g/mol. The summed E-state index contributed by atoms with van der Waals surface area (Å²) in [5.74, 6) is -1.17. The summed E-state index contributed by atoms with van der Waals surface area (Å²) in [5, 5.41) is 24.2. The highest BCUT2D eigenvalue weighted by Gasteiger charge is 2.27. The van der Waals surface area contributed by atoms with E-state index in [9.17, 15) is 19.5 Å². The molecule has 3 aromatic carbocycles. The van der Waals surface area contributed by atoms with Crippen molar-refractivity contribution < 1.29 is 14.7 Å². The Morgan fingerprint density at radius 2 is 1.75 bits per heavy atom. The van der Waals surface area contributed by atoms with Crippen LogP contribution in [-0.4, -0.2) is 33.3 Å². The van der Waals surface area contributed by atoms with Crippen LogP contribution in [0.2, 0.25) is 0 Å². The Hall–Kier alpha value is -5.05. The second kappa shape index (κ2) is 10.9. The zero-order valence-corrected chi connectivity index (χ0v) is 19.1. The zero-order chi connectivity index (χ0) is 25.5. The molecule has 0 fully saturated rings. The molecular formula is C27H23N5O4. The van der Waals surface area contributed by atoms with Gasteiger partial charge in [0.15, 0.2) is 6.04 Å². The smallest absolute Gasteiger partial charge is 0.272 e. The first-order valence-corrected chi connectivity index (χ1v) is 11.1. The number of rotatable bonds is 8. The minimum Gasteiger partial charge on any atom is -0.507 e. The normalized spacial score (nSPS) is 11.8. The molecule has 0 unspecified atom stereocenters. The number of hydrogen-bond acceptors (Lipinski definition) is 6. The van der Waals surface area contributed by atoms with E-state index < -0.39 is 23.4 Å². The number of hydrogen-bond donors (Lipinski definition) is 4. The fourth-order valence-corrected chi connectivity index (χ4v) is 3.68. The van der Waals surface area contributed by atoms with E-state index in [1.807, 2.05) is 0 Å². The summed E-state index contributed by atoms with van der Waals surface area (Å²) in [6.07, 6.45) is 3.44. The minimum absolute atomic E-state index is 0.0256. The number of allylic oxidation sites excluding steroid dienone is 1. The number of hydrazone groups is 1. The lowest BCUT2D eigenvalue weighted by Gasteiger charge is -2.18. The Labute approximate surface area is 206 Å². The van der Waals surface area contributed by atoms with Crippen molar-refractivity contribution in [2.24, 2.45) is 5.10 Å². The number of aromatic amines is 1. The van der Waals surface area contributed by atoms with E-state index in [0.717, 1.165) is 0 Å². The monoisotopic (exact) mass is 481 g/mol. The van der Waals surface area contributed by atoms with Crippen molar-refractivity contribution in [2.45, 2.75) is 12.5 Å². The van der Waals surface area contributed by atoms with Gasteiger partial charge in [-0.25, -0.2) is 10.5 Å². The maximum Gasteiger partial charge on any atom is 0.272 e. The molecule has 1 aromatic heterocycles. The van der Waals surface area contributed by atoms with Crippen molar-refractivity contribution in [1.29, 1.82) is 0 Å². The highest BCUT2D eigenvalue weighted by Crippen LogP contribution is 2.22. The first-order chi connectivity index (χ1) is 17.5. The number of nitrogens with zero attached hydrogens (tertiary/aromatic N) is 2. The van der Waals surface area contributed by atoms with Gasteiger partial charge in [-0.3, -0.25) is 14.4 Å². The van der Waals surface area contributed by atoms with Gasteiger partial charge in [0.25, 0.3) is 17.4 Å². The summed E-state index contributed by atoms with van der Waals surface area (Å²) in [5.41, 5.74) is 3.53. The maximum absolute atomic E-state index is 13.2. The SMILES string of the molecule is C=CCc1cccc(C=NNC(=O)[C@@H](NC(=O)c2ccccc2)c2n[nH]c(=O)c3ccccc23)c1O. The van der Waals surface area contributed by atoms with Crippen molar-refractivity contribution in [2.75, 3.05) is 0 Å². The molecule has 4 aromatic rings. The molecule has 36 heavy (non-hydrogen) atoms. The summed E-state index contributed by atoms with van der Waals surface area (Å²) in [6.45, 7) is 3.67. The Balaban J connectivity index is 1.66. The van der Waals surface area contributed by atoms with Crippen molar-refractivity contribution in [3.8, 4) is 5.75 Å². The highest BCUT2D eigenvalue weighted by molar-refractivity contribution is 5.99. The average Bonchev–Trinajstić information content (AvgIpc) is 2.90. The Kier molecular flexibility index (Phi) is 7.30. The van der Waals surface area contributed by atoms with Crippen molar-refractivity contribution in [3.05, 3.63) is 118 Å². The van der Waals surface area contributed by atoms with Crippen LogP contribution in [0.3, 0.4) is 0 Å². The summed E-state index contributed by atoms with van der Waals surface area (Å²) < 4.78 is 0. The number of amides is 2. The van der Waals surface area contributed by atoms with Crippen LogP contribution in [0, 0.1) is 0 Å². The van der Waals surface area contributed by atoms with E-state index in [2.05, 4.69) is 32.6 Å². The molecule has 0 aliphatic carbocycles. The number of carbonyl (C=O) groups excluding carboxylic acids is 2. The van der Waals surface area contributed by atoms with Gasteiger partial charge in [0.05, 0.1) is 11.6 Å². The van der Waals surface area contributed by atoms with E-state index in [0.29, 0.717) is 33.9 Å². The first kappa shape index (κ1) is 24.1. The number of phenols is 1. The molecule has 0 spiro atoms. The molecule has 2 amide bonds. The Morgan fingerprint density at radius 1 is 1.03 bits per heavy atom. The second-order valence-corrected chi connectivity index (χ2v) is 7.84. The van der Waals surface area contributed by atoms with E-state index in [-0.39, 0.29) is 11.4 Å². The standard InChI is InChI=1S/C27H23N5O4/c1-2-9-17-12-8-13-19(24(17)33)16-28-31-27(36)23(29-25(34)18-10-4-3-5-11-18)22-20-14-6-7-15-21(20)26(35)32-30-22/h2-8,10-16,23,33H,1,9H2,(H,29,34)(H,31,36)(H,32,35)/t23-/m0/s1. The number of H-pyrrole nitrogens is 1. The van der Waals surface area contributed by atoms with Gasteiger partial charge in [-0.1, -0.05) is 54.6 Å². The lowest BCUT2D eigenvalue weighted by Crippen LogP contribution is -2.40. The quantitative estimate of drug-likeness (QED) is 0.174. The summed E-state index contributed by atoms with van der Waals surface area (Å²) in [6, 6.07) is 18.9. The van der Waals surface area contributed by atoms with Crippen LogP contribution in [0.5, 0.6) is 5.75 Å². The molecule has 0 aliphatic rings. The van der Waals surface area contributed by atoms with E-state index >= 15 is 0 Å².